The zero-order valence-corrected chi connectivity index (χ0v) is 20.4. The first-order valence-electron chi connectivity index (χ1n) is 12.3. The molecule has 1 N–H and O–H groups in total. The van der Waals surface area contributed by atoms with E-state index in [1.54, 1.807) is 12.1 Å². The minimum atomic E-state index is -0.385. The van der Waals surface area contributed by atoms with E-state index in [4.69, 9.17) is 0 Å². The fraction of sp³-hybridized carbons (Fsp3) is 0.500. The van der Waals surface area contributed by atoms with Gasteiger partial charge in [-0.3, -0.25) is 14.9 Å². The van der Waals surface area contributed by atoms with Crippen molar-refractivity contribution >= 4 is 28.7 Å². The van der Waals surface area contributed by atoms with E-state index >= 15 is 0 Å². The number of nitro benzene ring substituents is 1. The van der Waals surface area contributed by atoms with Gasteiger partial charge in [-0.15, -0.1) is 0 Å². The number of anilines is 3. The molecule has 2 fully saturated rings. The molecule has 182 valence electrons. The van der Waals surface area contributed by atoms with Gasteiger partial charge in [0.1, 0.15) is 5.69 Å². The first-order chi connectivity index (χ1) is 16.4. The molecule has 1 amide bonds. The van der Waals surface area contributed by atoms with Crippen molar-refractivity contribution in [1.29, 1.82) is 0 Å². The molecule has 0 radical (unpaired) electrons. The fourth-order valence-corrected chi connectivity index (χ4v) is 4.99. The lowest BCUT2D eigenvalue weighted by atomic mass is 9.99. The van der Waals surface area contributed by atoms with Crippen LogP contribution in [0.3, 0.4) is 0 Å². The number of aryl methyl sites for hydroxylation is 1. The summed E-state index contributed by atoms with van der Waals surface area (Å²) in [5.74, 6) is 0.159. The molecule has 2 saturated heterocycles. The monoisotopic (exact) mass is 465 g/mol. The molecule has 2 heterocycles. The van der Waals surface area contributed by atoms with Crippen molar-refractivity contribution in [3.8, 4) is 0 Å². The first-order valence-corrected chi connectivity index (χ1v) is 12.3. The van der Waals surface area contributed by atoms with Gasteiger partial charge in [0.05, 0.1) is 4.92 Å². The van der Waals surface area contributed by atoms with Crippen LogP contribution in [0.15, 0.2) is 36.4 Å². The molecule has 0 aliphatic carbocycles. The van der Waals surface area contributed by atoms with Crippen LogP contribution in [0.4, 0.5) is 22.7 Å². The molecular weight excluding hydrogens is 430 g/mol. The third kappa shape index (κ3) is 5.33. The first kappa shape index (κ1) is 24.0. The molecule has 0 aromatic heterocycles. The highest BCUT2D eigenvalue weighted by Crippen LogP contribution is 2.33. The lowest BCUT2D eigenvalue weighted by Gasteiger charge is -2.35. The topological polar surface area (TPSA) is 82.0 Å². The number of carbonyl (C=O) groups excluding carboxylic acids is 1. The predicted octanol–water partition coefficient (Wildman–Crippen LogP) is 4.53. The Bertz CT molecular complexity index is 1050. The van der Waals surface area contributed by atoms with Crippen molar-refractivity contribution in [2.24, 2.45) is 5.92 Å². The van der Waals surface area contributed by atoms with Gasteiger partial charge in [-0.2, -0.15) is 0 Å². The Morgan fingerprint density at radius 3 is 2.50 bits per heavy atom. The summed E-state index contributed by atoms with van der Waals surface area (Å²) in [5.41, 5.74) is 3.72. The maximum Gasteiger partial charge on any atom is 0.293 e. The smallest absolute Gasteiger partial charge is 0.293 e. The van der Waals surface area contributed by atoms with E-state index < -0.39 is 0 Å². The minimum absolute atomic E-state index is 0.0139. The van der Waals surface area contributed by atoms with E-state index in [1.165, 1.54) is 6.07 Å². The van der Waals surface area contributed by atoms with Gasteiger partial charge in [0.25, 0.3) is 11.6 Å². The van der Waals surface area contributed by atoms with E-state index in [9.17, 15) is 14.9 Å². The molecule has 0 bridgehead atoms. The minimum Gasteiger partial charge on any atom is -0.369 e. The molecule has 8 nitrogen and oxygen atoms in total. The highest BCUT2D eigenvalue weighted by Gasteiger charge is 2.25. The number of hydrogen-bond donors (Lipinski definition) is 1. The van der Waals surface area contributed by atoms with E-state index in [0.717, 1.165) is 75.6 Å². The molecule has 0 spiro atoms. The number of piperidine rings is 1. The maximum atomic E-state index is 13.0. The zero-order valence-electron chi connectivity index (χ0n) is 20.4. The number of amides is 1. The Labute approximate surface area is 201 Å². The number of carbonyl (C=O) groups is 1. The van der Waals surface area contributed by atoms with Crippen LogP contribution in [0.5, 0.6) is 0 Å². The van der Waals surface area contributed by atoms with Crippen LogP contribution in [-0.2, 0) is 0 Å². The predicted molar refractivity (Wildman–Crippen MR) is 137 cm³/mol. The number of nitro groups is 1. The van der Waals surface area contributed by atoms with Gasteiger partial charge in [-0.25, -0.2) is 0 Å². The third-order valence-corrected chi connectivity index (χ3v) is 7.07. The fourth-order valence-electron chi connectivity index (χ4n) is 4.99. The molecule has 2 aliphatic heterocycles. The summed E-state index contributed by atoms with van der Waals surface area (Å²) in [7, 11) is 0. The highest BCUT2D eigenvalue weighted by atomic mass is 16.6. The number of nitrogens with zero attached hydrogens (tertiary/aromatic N) is 4. The zero-order chi connectivity index (χ0) is 24.2. The number of piperazine rings is 1. The summed E-state index contributed by atoms with van der Waals surface area (Å²) in [5, 5.41) is 14.7. The number of likely N-dealkylation sites (N-methyl/N-ethyl adjacent to an activating group) is 1. The van der Waals surface area contributed by atoms with Gasteiger partial charge in [0.2, 0.25) is 0 Å². The number of rotatable bonds is 6. The average molecular weight is 466 g/mol. The van der Waals surface area contributed by atoms with Crippen LogP contribution in [0.2, 0.25) is 0 Å². The molecule has 1 atom stereocenters. The molecule has 2 aromatic rings. The Morgan fingerprint density at radius 1 is 1.09 bits per heavy atom. The molecule has 2 aromatic carbocycles. The van der Waals surface area contributed by atoms with Crippen LogP contribution in [0, 0.1) is 23.0 Å². The van der Waals surface area contributed by atoms with Crippen molar-refractivity contribution in [1.82, 2.24) is 4.90 Å². The molecule has 1 unspecified atom stereocenters. The highest BCUT2D eigenvalue weighted by molar-refractivity contribution is 6.05. The van der Waals surface area contributed by atoms with Crippen LogP contribution >= 0.6 is 0 Å². The average Bonchev–Trinajstić information content (AvgIpc) is 2.85. The van der Waals surface area contributed by atoms with E-state index in [0.29, 0.717) is 17.2 Å². The molecular formula is C26H35N5O3. The Hall–Kier alpha value is -3.13. The number of benzene rings is 2. The van der Waals surface area contributed by atoms with Crippen molar-refractivity contribution in [2.45, 2.75) is 33.6 Å². The lowest BCUT2D eigenvalue weighted by Crippen LogP contribution is -2.46. The van der Waals surface area contributed by atoms with Crippen molar-refractivity contribution < 1.29 is 9.72 Å². The van der Waals surface area contributed by atoms with Gasteiger partial charge in [0, 0.05) is 62.3 Å². The summed E-state index contributed by atoms with van der Waals surface area (Å²) in [6.45, 7) is 13.1. The van der Waals surface area contributed by atoms with Gasteiger partial charge in [-0.1, -0.05) is 13.8 Å². The summed E-state index contributed by atoms with van der Waals surface area (Å²) in [6.07, 6.45) is 2.15. The molecule has 8 heteroatoms. The van der Waals surface area contributed by atoms with Crippen LogP contribution in [0.1, 0.15) is 42.6 Å². The SMILES string of the molecule is CCN1CCN(c2ccc(NC(=O)c3ccc(N4CCCC(C)C4)c([N+](=O)[O-])c3)c(C)c2)CC1. The van der Waals surface area contributed by atoms with Gasteiger partial charge in [-0.05, 0) is 68.1 Å². The molecule has 2 aliphatic rings. The van der Waals surface area contributed by atoms with Gasteiger partial charge < -0.3 is 20.0 Å². The van der Waals surface area contributed by atoms with E-state index in [1.807, 2.05) is 19.1 Å². The maximum absolute atomic E-state index is 13.0. The summed E-state index contributed by atoms with van der Waals surface area (Å²) < 4.78 is 0. The second-order valence-electron chi connectivity index (χ2n) is 9.53. The number of nitrogens with one attached hydrogen (secondary N) is 1. The quantitative estimate of drug-likeness (QED) is 0.498. The number of hydrogen-bond acceptors (Lipinski definition) is 6. The second-order valence-corrected chi connectivity index (χ2v) is 9.53. The molecule has 0 saturated carbocycles. The summed E-state index contributed by atoms with van der Waals surface area (Å²) >= 11 is 0. The van der Waals surface area contributed by atoms with Crippen molar-refractivity contribution in [2.75, 3.05) is 60.9 Å². The standard InChI is InChI=1S/C26H35N5O3/c1-4-28-12-14-29(15-13-28)22-8-9-23(20(3)16-22)27-26(32)21-7-10-24(25(17-21)31(33)34)30-11-5-6-19(2)18-30/h7-10,16-17,19H,4-6,11-15,18H2,1-3H3,(H,27,32). The lowest BCUT2D eigenvalue weighted by molar-refractivity contribution is -0.384. The van der Waals surface area contributed by atoms with Crippen molar-refractivity contribution in [3.63, 3.8) is 0 Å². The Balaban J connectivity index is 1.48. The third-order valence-electron chi connectivity index (χ3n) is 7.07. The Kier molecular flexibility index (Phi) is 7.36. The van der Waals surface area contributed by atoms with E-state index in [-0.39, 0.29) is 16.5 Å². The summed E-state index contributed by atoms with van der Waals surface area (Å²) in [6, 6.07) is 10.9. The Morgan fingerprint density at radius 2 is 1.85 bits per heavy atom. The van der Waals surface area contributed by atoms with Crippen molar-refractivity contribution in [3.05, 3.63) is 57.6 Å². The molecule has 34 heavy (non-hydrogen) atoms. The normalized spacial score (nSPS) is 19.2. The summed E-state index contributed by atoms with van der Waals surface area (Å²) in [4.78, 5) is 31.3. The van der Waals surface area contributed by atoms with Gasteiger partial charge in [0.15, 0.2) is 0 Å². The second kappa shape index (κ2) is 10.4. The van der Waals surface area contributed by atoms with Crippen LogP contribution < -0.4 is 15.1 Å². The van der Waals surface area contributed by atoms with Gasteiger partial charge >= 0.3 is 0 Å². The van der Waals surface area contributed by atoms with Crippen LogP contribution in [-0.4, -0.2) is 61.5 Å². The van der Waals surface area contributed by atoms with Crippen LogP contribution in [0.25, 0.3) is 0 Å². The largest absolute Gasteiger partial charge is 0.369 e. The van der Waals surface area contributed by atoms with E-state index in [2.05, 4.69) is 39.9 Å². The molecule has 4 rings (SSSR count).